The molecule has 19 heavy (non-hydrogen) atoms. The van der Waals surface area contributed by atoms with Crippen molar-refractivity contribution in [3.05, 3.63) is 0 Å². The average Bonchev–Trinajstić information content (AvgIpc) is 3.05. The van der Waals surface area contributed by atoms with Gasteiger partial charge in [0, 0.05) is 12.1 Å². The number of urea groups is 1. The van der Waals surface area contributed by atoms with Crippen molar-refractivity contribution in [1.82, 2.24) is 10.6 Å². The minimum Gasteiger partial charge on any atom is -0.481 e. The fraction of sp³-hybridized carbons (Fsp3) is 0.857. The molecule has 0 spiro atoms. The summed E-state index contributed by atoms with van der Waals surface area (Å²) in [5.41, 5.74) is -0.275. The van der Waals surface area contributed by atoms with E-state index in [1.807, 2.05) is 6.92 Å². The summed E-state index contributed by atoms with van der Waals surface area (Å²) >= 11 is 0. The van der Waals surface area contributed by atoms with E-state index in [0.29, 0.717) is 6.54 Å². The molecule has 5 heteroatoms. The van der Waals surface area contributed by atoms with Gasteiger partial charge in [-0.15, -0.1) is 0 Å². The number of carbonyl (C=O) groups excluding carboxylic acids is 1. The highest BCUT2D eigenvalue weighted by molar-refractivity contribution is 5.75. The summed E-state index contributed by atoms with van der Waals surface area (Å²) < 4.78 is 0. The molecule has 0 aromatic rings. The predicted octanol–water partition coefficient (Wildman–Crippen LogP) is 2.26. The fourth-order valence-corrected chi connectivity index (χ4v) is 2.94. The number of hydrogen-bond donors (Lipinski definition) is 3. The van der Waals surface area contributed by atoms with Crippen LogP contribution in [-0.4, -0.2) is 29.2 Å². The first-order valence-corrected chi connectivity index (χ1v) is 7.21. The highest BCUT2D eigenvalue weighted by Gasteiger charge is 2.39. The Morgan fingerprint density at radius 3 is 2.26 bits per heavy atom. The van der Waals surface area contributed by atoms with E-state index in [1.54, 1.807) is 0 Å². The molecule has 2 fully saturated rings. The van der Waals surface area contributed by atoms with E-state index in [0.717, 1.165) is 38.5 Å². The second-order valence-corrected chi connectivity index (χ2v) is 6.50. The molecule has 2 aliphatic rings. The lowest BCUT2D eigenvalue weighted by Gasteiger charge is -2.36. The molecule has 0 aromatic heterocycles. The van der Waals surface area contributed by atoms with Crippen LogP contribution < -0.4 is 10.6 Å². The summed E-state index contributed by atoms with van der Waals surface area (Å²) in [5, 5.41) is 14.9. The predicted molar refractivity (Wildman–Crippen MR) is 71.9 cm³/mol. The summed E-state index contributed by atoms with van der Waals surface area (Å²) in [5.74, 6) is -0.765. The van der Waals surface area contributed by atoms with E-state index in [4.69, 9.17) is 5.11 Å². The Balaban J connectivity index is 1.85. The van der Waals surface area contributed by atoms with Gasteiger partial charge in [-0.1, -0.05) is 19.3 Å². The largest absolute Gasteiger partial charge is 0.481 e. The van der Waals surface area contributed by atoms with Gasteiger partial charge in [-0.3, -0.25) is 4.79 Å². The van der Waals surface area contributed by atoms with Crippen LogP contribution >= 0.6 is 0 Å². The zero-order valence-corrected chi connectivity index (χ0v) is 11.6. The second kappa shape index (κ2) is 5.39. The quantitative estimate of drug-likeness (QED) is 0.715. The standard InChI is InChI=1S/C14H24N2O3/c1-13(7-8-13)16-12(19)15-10-14(9-11(17)18)5-3-2-4-6-14/h2-10H2,1H3,(H,17,18)(H2,15,16,19). The maximum Gasteiger partial charge on any atom is 0.315 e. The minimum atomic E-state index is -0.765. The molecule has 5 nitrogen and oxygen atoms in total. The van der Waals surface area contributed by atoms with Crippen LogP contribution in [-0.2, 0) is 4.79 Å². The molecule has 0 atom stereocenters. The van der Waals surface area contributed by atoms with Crippen molar-refractivity contribution in [2.45, 2.75) is 63.8 Å². The number of hydrogen-bond acceptors (Lipinski definition) is 2. The van der Waals surface area contributed by atoms with E-state index < -0.39 is 5.97 Å². The molecule has 0 aromatic carbocycles. The van der Waals surface area contributed by atoms with E-state index in [1.165, 1.54) is 6.42 Å². The van der Waals surface area contributed by atoms with Crippen LogP contribution in [0.3, 0.4) is 0 Å². The van der Waals surface area contributed by atoms with E-state index in [2.05, 4.69) is 10.6 Å². The van der Waals surface area contributed by atoms with Crippen molar-refractivity contribution in [3.8, 4) is 0 Å². The average molecular weight is 268 g/mol. The maximum atomic E-state index is 11.8. The first kappa shape index (κ1) is 14.2. The van der Waals surface area contributed by atoms with E-state index >= 15 is 0 Å². The Hall–Kier alpha value is -1.26. The van der Waals surface area contributed by atoms with Gasteiger partial charge in [0.05, 0.1) is 6.42 Å². The third-order valence-electron chi connectivity index (χ3n) is 4.48. The van der Waals surface area contributed by atoms with Crippen LogP contribution in [0, 0.1) is 5.41 Å². The molecule has 2 amide bonds. The van der Waals surface area contributed by atoms with Crippen molar-refractivity contribution in [1.29, 1.82) is 0 Å². The van der Waals surface area contributed by atoms with Gasteiger partial charge in [-0.2, -0.15) is 0 Å². The Morgan fingerprint density at radius 1 is 1.11 bits per heavy atom. The van der Waals surface area contributed by atoms with Gasteiger partial charge in [0.2, 0.25) is 0 Å². The molecule has 2 aliphatic carbocycles. The topological polar surface area (TPSA) is 78.4 Å². The highest BCUT2D eigenvalue weighted by Crippen LogP contribution is 2.39. The minimum absolute atomic E-state index is 0.0311. The molecule has 0 bridgehead atoms. The maximum absolute atomic E-state index is 11.8. The van der Waals surface area contributed by atoms with Crippen LogP contribution in [0.5, 0.6) is 0 Å². The van der Waals surface area contributed by atoms with Crippen molar-refractivity contribution in [2.75, 3.05) is 6.54 Å². The second-order valence-electron chi connectivity index (χ2n) is 6.50. The molecule has 0 aliphatic heterocycles. The molecule has 0 radical (unpaired) electrons. The van der Waals surface area contributed by atoms with Gasteiger partial charge in [0.25, 0.3) is 0 Å². The van der Waals surface area contributed by atoms with E-state index in [9.17, 15) is 9.59 Å². The number of carboxylic acid groups (broad SMARTS) is 1. The molecule has 3 N–H and O–H groups in total. The third kappa shape index (κ3) is 4.11. The van der Waals surface area contributed by atoms with Crippen molar-refractivity contribution in [2.24, 2.45) is 5.41 Å². The third-order valence-corrected chi connectivity index (χ3v) is 4.48. The number of rotatable bonds is 5. The van der Waals surface area contributed by atoms with Crippen LogP contribution in [0.25, 0.3) is 0 Å². The molecule has 0 unspecified atom stereocenters. The first-order chi connectivity index (χ1) is 8.93. The summed E-state index contributed by atoms with van der Waals surface area (Å²) in [6.45, 7) is 2.50. The number of aliphatic carboxylic acids is 1. The first-order valence-electron chi connectivity index (χ1n) is 7.21. The van der Waals surface area contributed by atoms with Crippen LogP contribution in [0.1, 0.15) is 58.3 Å². The molecule has 2 rings (SSSR count). The SMILES string of the molecule is CC1(NC(=O)NCC2(CC(=O)O)CCCCC2)CC1. The Kier molecular flexibility index (Phi) is 4.02. The van der Waals surface area contributed by atoms with Gasteiger partial charge in [0.1, 0.15) is 0 Å². The molecule has 0 heterocycles. The summed E-state index contributed by atoms with van der Waals surface area (Å²) in [4.78, 5) is 22.8. The van der Waals surface area contributed by atoms with Crippen molar-refractivity contribution < 1.29 is 14.7 Å². The molecular weight excluding hydrogens is 244 g/mol. The van der Waals surface area contributed by atoms with Gasteiger partial charge < -0.3 is 15.7 Å². The Labute approximate surface area is 114 Å². The van der Waals surface area contributed by atoms with Crippen LogP contribution in [0.2, 0.25) is 0 Å². The number of carbonyl (C=O) groups is 2. The van der Waals surface area contributed by atoms with Gasteiger partial charge in [-0.25, -0.2) is 4.79 Å². The summed E-state index contributed by atoms with van der Waals surface area (Å²) in [7, 11) is 0. The molecule has 108 valence electrons. The van der Waals surface area contributed by atoms with E-state index in [-0.39, 0.29) is 23.4 Å². The summed E-state index contributed by atoms with van der Waals surface area (Å²) in [6, 6.07) is -0.157. The fourth-order valence-electron chi connectivity index (χ4n) is 2.94. The molecule has 2 saturated carbocycles. The zero-order valence-electron chi connectivity index (χ0n) is 11.6. The van der Waals surface area contributed by atoms with Gasteiger partial charge >= 0.3 is 12.0 Å². The smallest absolute Gasteiger partial charge is 0.315 e. The van der Waals surface area contributed by atoms with Gasteiger partial charge in [-0.05, 0) is 38.0 Å². The summed E-state index contributed by atoms with van der Waals surface area (Å²) in [6.07, 6.45) is 7.31. The Bertz CT molecular complexity index is 358. The lowest BCUT2D eigenvalue weighted by Crippen LogP contribution is -2.47. The van der Waals surface area contributed by atoms with Crippen molar-refractivity contribution >= 4 is 12.0 Å². The zero-order chi connectivity index (χ0) is 13.9. The molecular formula is C14H24N2O3. The van der Waals surface area contributed by atoms with Crippen LogP contribution in [0.15, 0.2) is 0 Å². The highest BCUT2D eigenvalue weighted by atomic mass is 16.4. The van der Waals surface area contributed by atoms with Crippen LogP contribution in [0.4, 0.5) is 4.79 Å². The number of nitrogens with one attached hydrogen (secondary N) is 2. The normalized spacial score (nSPS) is 23.4. The monoisotopic (exact) mass is 268 g/mol. The van der Waals surface area contributed by atoms with Gasteiger partial charge in [0.15, 0.2) is 0 Å². The lowest BCUT2D eigenvalue weighted by atomic mass is 9.72. The molecule has 0 saturated heterocycles. The number of carboxylic acids is 1. The number of amides is 2. The van der Waals surface area contributed by atoms with Crippen molar-refractivity contribution in [3.63, 3.8) is 0 Å². The Morgan fingerprint density at radius 2 is 1.74 bits per heavy atom. The lowest BCUT2D eigenvalue weighted by molar-refractivity contribution is -0.140.